The SMILES string of the molecule is Cc1c(C(=O)N2CCc3ccccc3C2)sc2nc(SCc3cccc([N+](=O)[O-])c3)n(CCc3ccccc3)c(=O)c12. The summed E-state index contributed by atoms with van der Waals surface area (Å²) in [5.41, 5.74) is 4.80. The molecule has 0 unspecified atom stereocenters. The first-order valence-corrected chi connectivity index (χ1v) is 15.5. The van der Waals surface area contributed by atoms with Gasteiger partial charge >= 0.3 is 0 Å². The lowest BCUT2D eigenvalue weighted by atomic mass is 9.99. The first-order chi connectivity index (χ1) is 20.4. The van der Waals surface area contributed by atoms with Gasteiger partial charge in [0, 0.05) is 37.5 Å². The molecule has 0 aliphatic carbocycles. The van der Waals surface area contributed by atoms with Gasteiger partial charge in [0.05, 0.1) is 15.2 Å². The Kier molecular flexibility index (Phi) is 7.90. The minimum absolute atomic E-state index is 0.0235. The number of aryl methyl sites for hydroxylation is 2. The van der Waals surface area contributed by atoms with Crippen LogP contribution < -0.4 is 5.56 Å². The molecule has 0 radical (unpaired) electrons. The highest BCUT2D eigenvalue weighted by molar-refractivity contribution is 7.98. The number of aromatic nitrogens is 2. The molecule has 0 atom stereocenters. The lowest BCUT2D eigenvalue weighted by Crippen LogP contribution is -2.35. The van der Waals surface area contributed by atoms with Gasteiger partial charge in [0.2, 0.25) is 0 Å². The highest BCUT2D eigenvalue weighted by Gasteiger charge is 2.27. The van der Waals surface area contributed by atoms with Crippen molar-refractivity contribution in [1.29, 1.82) is 0 Å². The zero-order valence-corrected chi connectivity index (χ0v) is 24.6. The lowest BCUT2D eigenvalue weighted by Gasteiger charge is -2.28. The Hall–Kier alpha value is -4.28. The number of non-ortho nitro benzene ring substituents is 1. The third-order valence-electron chi connectivity index (χ3n) is 7.58. The second-order valence-corrected chi connectivity index (χ2v) is 12.2. The summed E-state index contributed by atoms with van der Waals surface area (Å²) < 4.78 is 1.68. The van der Waals surface area contributed by atoms with Gasteiger partial charge < -0.3 is 4.90 Å². The molecule has 0 bridgehead atoms. The molecule has 3 heterocycles. The smallest absolute Gasteiger partial charge is 0.269 e. The molecular weight excluding hydrogens is 569 g/mol. The Morgan fingerprint density at radius 3 is 2.55 bits per heavy atom. The van der Waals surface area contributed by atoms with E-state index in [1.54, 1.807) is 16.7 Å². The van der Waals surface area contributed by atoms with Gasteiger partial charge in [-0.25, -0.2) is 4.98 Å². The van der Waals surface area contributed by atoms with Crippen LogP contribution in [0.15, 0.2) is 88.8 Å². The average Bonchev–Trinajstić information content (AvgIpc) is 3.35. The van der Waals surface area contributed by atoms with Crippen LogP contribution >= 0.6 is 23.1 Å². The molecule has 0 fully saturated rings. The minimum atomic E-state index is -0.415. The number of benzene rings is 3. The number of fused-ring (bicyclic) bond motifs is 2. The molecule has 0 spiro atoms. The van der Waals surface area contributed by atoms with Crippen molar-refractivity contribution in [2.24, 2.45) is 0 Å². The second-order valence-electron chi connectivity index (χ2n) is 10.3. The summed E-state index contributed by atoms with van der Waals surface area (Å²) in [5, 5.41) is 12.3. The van der Waals surface area contributed by atoms with E-state index in [9.17, 15) is 19.7 Å². The minimum Gasteiger partial charge on any atom is -0.333 e. The zero-order chi connectivity index (χ0) is 29.2. The van der Waals surface area contributed by atoms with Crippen LogP contribution in [0.25, 0.3) is 10.2 Å². The summed E-state index contributed by atoms with van der Waals surface area (Å²) in [5.74, 6) is 0.333. The highest BCUT2D eigenvalue weighted by atomic mass is 32.2. The molecule has 42 heavy (non-hydrogen) atoms. The number of hydrogen-bond donors (Lipinski definition) is 0. The summed E-state index contributed by atoms with van der Waals surface area (Å²) in [7, 11) is 0. The number of carbonyl (C=O) groups is 1. The van der Waals surface area contributed by atoms with Crippen molar-refractivity contribution in [2.75, 3.05) is 6.54 Å². The molecule has 1 aliphatic heterocycles. The van der Waals surface area contributed by atoms with Crippen LogP contribution in [0.3, 0.4) is 0 Å². The molecule has 10 heteroatoms. The van der Waals surface area contributed by atoms with Crippen molar-refractivity contribution in [3.63, 3.8) is 0 Å². The number of amides is 1. The molecule has 5 aromatic rings. The fraction of sp³-hybridized carbons (Fsp3) is 0.219. The maximum Gasteiger partial charge on any atom is 0.269 e. The summed E-state index contributed by atoms with van der Waals surface area (Å²) in [4.78, 5) is 46.4. The molecule has 1 aliphatic rings. The molecule has 8 nitrogen and oxygen atoms in total. The van der Waals surface area contributed by atoms with Gasteiger partial charge in [0.1, 0.15) is 4.83 Å². The van der Waals surface area contributed by atoms with E-state index in [4.69, 9.17) is 4.98 Å². The number of carbonyl (C=O) groups excluding carboxylic acids is 1. The maximum absolute atomic E-state index is 14.0. The number of nitro groups is 1. The van der Waals surface area contributed by atoms with E-state index in [1.165, 1.54) is 34.7 Å². The van der Waals surface area contributed by atoms with Crippen molar-refractivity contribution >= 4 is 44.9 Å². The highest BCUT2D eigenvalue weighted by Crippen LogP contribution is 2.32. The van der Waals surface area contributed by atoms with Gasteiger partial charge in [-0.3, -0.25) is 24.3 Å². The normalized spacial score (nSPS) is 12.8. The van der Waals surface area contributed by atoms with Gasteiger partial charge in [-0.1, -0.05) is 78.5 Å². The fourth-order valence-electron chi connectivity index (χ4n) is 5.32. The first kappa shape index (κ1) is 27.9. The van der Waals surface area contributed by atoms with Crippen LogP contribution in [-0.4, -0.2) is 31.8 Å². The van der Waals surface area contributed by atoms with E-state index in [1.807, 2.05) is 60.4 Å². The molecule has 1 amide bonds. The molecule has 0 saturated carbocycles. The molecule has 0 saturated heterocycles. The molecular formula is C32H28N4O4S2. The van der Waals surface area contributed by atoms with E-state index < -0.39 is 4.92 Å². The van der Waals surface area contributed by atoms with E-state index in [-0.39, 0.29) is 17.2 Å². The maximum atomic E-state index is 14.0. The van der Waals surface area contributed by atoms with Gasteiger partial charge in [0.25, 0.3) is 17.2 Å². The number of thiophene rings is 1. The summed E-state index contributed by atoms with van der Waals surface area (Å²) >= 11 is 2.64. The lowest BCUT2D eigenvalue weighted by molar-refractivity contribution is -0.384. The van der Waals surface area contributed by atoms with Gasteiger partial charge in [-0.15, -0.1) is 11.3 Å². The molecule has 6 rings (SSSR count). The van der Waals surface area contributed by atoms with Crippen LogP contribution in [0.2, 0.25) is 0 Å². The average molecular weight is 597 g/mol. The number of hydrogen-bond acceptors (Lipinski definition) is 7. The Balaban J connectivity index is 1.35. The number of thioether (sulfide) groups is 1. The van der Waals surface area contributed by atoms with E-state index in [0.717, 1.165) is 23.1 Å². The summed E-state index contributed by atoms with van der Waals surface area (Å²) in [6.45, 7) is 3.43. The summed E-state index contributed by atoms with van der Waals surface area (Å²) in [6, 6.07) is 24.6. The predicted molar refractivity (Wildman–Crippen MR) is 166 cm³/mol. The van der Waals surface area contributed by atoms with Crippen LogP contribution in [0.1, 0.15) is 37.5 Å². The molecule has 212 valence electrons. The van der Waals surface area contributed by atoms with Crippen LogP contribution in [0.5, 0.6) is 0 Å². The van der Waals surface area contributed by atoms with Crippen molar-refractivity contribution in [2.45, 2.75) is 43.8 Å². The topological polar surface area (TPSA) is 98.3 Å². The first-order valence-electron chi connectivity index (χ1n) is 13.7. The molecule has 0 N–H and O–H groups in total. The van der Waals surface area contributed by atoms with E-state index >= 15 is 0 Å². The Morgan fingerprint density at radius 2 is 1.76 bits per heavy atom. The zero-order valence-electron chi connectivity index (χ0n) is 23.0. The fourth-order valence-corrected chi connectivity index (χ4v) is 7.47. The van der Waals surface area contributed by atoms with Crippen molar-refractivity contribution in [3.8, 4) is 0 Å². The number of nitrogens with zero attached hydrogens (tertiary/aromatic N) is 4. The summed E-state index contributed by atoms with van der Waals surface area (Å²) in [6.07, 6.45) is 1.44. The predicted octanol–water partition coefficient (Wildman–Crippen LogP) is 6.41. The number of nitro benzene ring substituents is 1. The Labute approximate surface area is 250 Å². The van der Waals surface area contributed by atoms with Gasteiger partial charge in [0.15, 0.2) is 5.16 Å². The quantitative estimate of drug-likeness (QED) is 0.0889. The van der Waals surface area contributed by atoms with Crippen LogP contribution in [0, 0.1) is 17.0 Å². The Morgan fingerprint density at radius 1 is 1.02 bits per heavy atom. The Bertz CT molecular complexity index is 1870. The van der Waals surface area contributed by atoms with Crippen LogP contribution in [0.4, 0.5) is 5.69 Å². The van der Waals surface area contributed by atoms with Crippen molar-refractivity contribution in [1.82, 2.24) is 14.5 Å². The third-order valence-corrected chi connectivity index (χ3v) is 9.80. The van der Waals surface area contributed by atoms with Gasteiger partial charge in [-0.2, -0.15) is 0 Å². The van der Waals surface area contributed by atoms with Crippen LogP contribution in [-0.2, 0) is 31.7 Å². The van der Waals surface area contributed by atoms with Crippen molar-refractivity contribution in [3.05, 3.63) is 132 Å². The van der Waals surface area contributed by atoms with E-state index in [2.05, 4.69) is 12.1 Å². The largest absolute Gasteiger partial charge is 0.333 e. The molecule has 2 aromatic heterocycles. The monoisotopic (exact) mass is 596 g/mol. The standard InChI is InChI=1S/C32H28N4O4S2/c1-21-27-29(42-28(21)31(38)34-16-15-24-11-5-6-12-25(24)19-34)33-32(41-20-23-10-7-13-26(18-23)36(39)40)35(30(27)37)17-14-22-8-3-2-4-9-22/h2-13,18H,14-17,19-20H2,1H3. The van der Waals surface area contributed by atoms with Crippen molar-refractivity contribution < 1.29 is 9.72 Å². The molecule has 3 aromatic carbocycles. The number of rotatable bonds is 8. The van der Waals surface area contributed by atoms with E-state index in [0.29, 0.717) is 57.6 Å². The van der Waals surface area contributed by atoms with Gasteiger partial charge in [-0.05, 0) is 47.6 Å². The second kappa shape index (κ2) is 11.9. The third kappa shape index (κ3) is 5.60.